The van der Waals surface area contributed by atoms with E-state index in [-0.39, 0.29) is 23.0 Å². The monoisotopic (exact) mass is 225 g/mol. The van der Waals surface area contributed by atoms with Crippen LogP contribution in [-0.2, 0) is 5.41 Å². The molecule has 3 N–H and O–H groups in total. The van der Waals surface area contributed by atoms with Gasteiger partial charge in [-0.15, -0.1) is 0 Å². The Balaban J connectivity index is 2.51. The van der Waals surface area contributed by atoms with Gasteiger partial charge < -0.3 is 15.6 Å². The first-order valence-electron chi connectivity index (χ1n) is 5.34. The highest BCUT2D eigenvalue weighted by atomic mass is 19.1. The van der Waals surface area contributed by atoms with E-state index in [9.17, 15) is 9.50 Å². The number of phenols is 1. The van der Waals surface area contributed by atoms with Gasteiger partial charge >= 0.3 is 0 Å². The first-order valence-corrected chi connectivity index (χ1v) is 5.34. The van der Waals surface area contributed by atoms with Crippen molar-refractivity contribution in [1.29, 1.82) is 0 Å². The largest absolute Gasteiger partial charge is 0.504 e. The van der Waals surface area contributed by atoms with E-state index in [2.05, 4.69) is 0 Å². The average molecular weight is 225 g/mol. The van der Waals surface area contributed by atoms with Crippen LogP contribution in [0.5, 0.6) is 11.5 Å². The Kier molecular flexibility index (Phi) is 2.54. The number of ether oxygens (including phenoxy) is 1. The molecule has 0 aliphatic heterocycles. The lowest BCUT2D eigenvalue weighted by Crippen LogP contribution is -2.31. The van der Waals surface area contributed by atoms with Crippen LogP contribution in [0.1, 0.15) is 25.3 Å². The van der Waals surface area contributed by atoms with Crippen LogP contribution < -0.4 is 10.5 Å². The Morgan fingerprint density at radius 1 is 1.50 bits per heavy atom. The minimum atomic E-state index is -0.552. The van der Waals surface area contributed by atoms with Crippen molar-refractivity contribution in [2.45, 2.75) is 31.2 Å². The quantitative estimate of drug-likeness (QED) is 0.826. The number of phenolic OH excluding ortho intramolecular Hbond substituents is 1. The number of hydrogen-bond acceptors (Lipinski definition) is 3. The minimum absolute atomic E-state index is 0.0615. The molecule has 0 heterocycles. The third-order valence-corrected chi connectivity index (χ3v) is 3.48. The van der Waals surface area contributed by atoms with E-state index < -0.39 is 5.82 Å². The maximum atomic E-state index is 13.3. The predicted molar refractivity (Wildman–Crippen MR) is 59.2 cm³/mol. The number of nitrogens with two attached hydrogens (primary N) is 1. The fourth-order valence-corrected chi connectivity index (χ4v) is 2.25. The Morgan fingerprint density at radius 2 is 2.12 bits per heavy atom. The number of hydrogen-bond donors (Lipinski definition) is 2. The van der Waals surface area contributed by atoms with Gasteiger partial charge in [0.2, 0.25) is 0 Å². The summed E-state index contributed by atoms with van der Waals surface area (Å²) in [4.78, 5) is 0. The Labute approximate surface area is 94.0 Å². The van der Waals surface area contributed by atoms with Gasteiger partial charge in [0.1, 0.15) is 0 Å². The molecule has 0 amide bonds. The first kappa shape index (κ1) is 11.2. The Bertz CT molecular complexity index is 414. The molecule has 1 unspecified atom stereocenters. The van der Waals surface area contributed by atoms with Gasteiger partial charge in [-0.1, -0.05) is 6.07 Å². The van der Waals surface area contributed by atoms with E-state index >= 15 is 0 Å². The number of aromatic hydroxyl groups is 1. The second-order valence-corrected chi connectivity index (χ2v) is 4.42. The molecule has 1 aliphatic rings. The molecule has 1 aromatic rings. The van der Waals surface area contributed by atoms with E-state index in [1.165, 1.54) is 13.2 Å². The second kappa shape index (κ2) is 3.63. The lowest BCUT2D eigenvalue weighted by Gasteiger charge is -2.22. The van der Waals surface area contributed by atoms with E-state index in [4.69, 9.17) is 10.5 Å². The summed E-state index contributed by atoms with van der Waals surface area (Å²) < 4.78 is 18.2. The number of halogens is 1. The lowest BCUT2D eigenvalue weighted by atomic mass is 9.88. The summed E-state index contributed by atoms with van der Waals surface area (Å²) in [5.41, 5.74) is 6.41. The topological polar surface area (TPSA) is 55.5 Å². The van der Waals surface area contributed by atoms with Crippen molar-refractivity contribution in [3.63, 3.8) is 0 Å². The zero-order chi connectivity index (χ0) is 11.9. The van der Waals surface area contributed by atoms with Crippen LogP contribution in [0.4, 0.5) is 4.39 Å². The van der Waals surface area contributed by atoms with E-state index in [0.717, 1.165) is 12.8 Å². The fraction of sp³-hybridized carbons (Fsp3) is 0.500. The van der Waals surface area contributed by atoms with Crippen LogP contribution in [-0.4, -0.2) is 18.3 Å². The smallest absolute Gasteiger partial charge is 0.196 e. The highest BCUT2D eigenvalue weighted by Gasteiger charge is 2.49. The van der Waals surface area contributed by atoms with E-state index in [1.54, 1.807) is 6.07 Å². The molecule has 1 saturated carbocycles. The lowest BCUT2D eigenvalue weighted by molar-refractivity contribution is 0.344. The van der Waals surface area contributed by atoms with Crippen molar-refractivity contribution in [3.05, 3.63) is 23.5 Å². The van der Waals surface area contributed by atoms with Gasteiger partial charge in [-0.05, 0) is 25.8 Å². The molecule has 0 radical (unpaired) electrons. The summed E-state index contributed by atoms with van der Waals surface area (Å²) in [6.07, 6.45) is 1.85. The molecule has 1 aliphatic carbocycles. The van der Waals surface area contributed by atoms with Crippen LogP contribution in [0.2, 0.25) is 0 Å². The summed E-state index contributed by atoms with van der Waals surface area (Å²) in [6, 6.07) is 2.86. The number of rotatable bonds is 3. The summed E-state index contributed by atoms with van der Waals surface area (Å²) in [7, 11) is 1.34. The third kappa shape index (κ3) is 1.45. The molecule has 0 saturated heterocycles. The van der Waals surface area contributed by atoms with Gasteiger partial charge in [0.05, 0.1) is 7.11 Å². The minimum Gasteiger partial charge on any atom is -0.504 e. The molecule has 0 spiro atoms. The standard InChI is InChI=1S/C12H16FNO2/c1-7(14)12(5-6-12)8-3-4-9(13)11(16-2)10(8)15/h3-4,7,15H,5-6,14H2,1-2H3. The van der Waals surface area contributed by atoms with Gasteiger partial charge in [0.15, 0.2) is 17.3 Å². The van der Waals surface area contributed by atoms with Gasteiger partial charge in [-0.25, -0.2) is 4.39 Å². The summed E-state index contributed by atoms with van der Waals surface area (Å²) in [5, 5.41) is 9.97. The maximum Gasteiger partial charge on any atom is 0.196 e. The van der Waals surface area contributed by atoms with Crippen LogP contribution in [0, 0.1) is 5.82 Å². The van der Waals surface area contributed by atoms with Crippen LogP contribution in [0.3, 0.4) is 0 Å². The summed E-state index contributed by atoms with van der Waals surface area (Å²) in [6.45, 7) is 1.91. The molecular weight excluding hydrogens is 209 g/mol. The van der Waals surface area contributed by atoms with Gasteiger partial charge in [-0.2, -0.15) is 0 Å². The van der Waals surface area contributed by atoms with Crippen LogP contribution >= 0.6 is 0 Å². The summed E-state index contributed by atoms with van der Waals surface area (Å²) in [5.74, 6) is -0.758. The molecule has 3 nitrogen and oxygen atoms in total. The van der Waals surface area contributed by atoms with Gasteiger partial charge in [-0.3, -0.25) is 0 Å². The molecule has 16 heavy (non-hydrogen) atoms. The van der Waals surface area contributed by atoms with Crippen LogP contribution in [0.15, 0.2) is 12.1 Å². The van der Waals surface area contributed by atoms with E-state index in [1.807, 2.05) is 6.92 Å². The van der Waals surface area contributed by atoms with Crippen molar-refractivity contribution >= 4 is 0 Å². The fourth-order valence-electron chi connectivity index (χ4n) is 2.25. The molecule has 1 atom stereocenters. The number of benzene rings is 1. The van der Waals surface area contributed by atoms with Crippen molar-refractivity contribution < 1.29 is 14.2 Å². The van der Waals surface area contributed by atoms with Crippen molar-refractivity contribution in [2.75, 3.05) is 7.11 Å². The second-order valence-electron chi connectivity index (χ2n) is 4.42. The van der Waals surface area contributed by atoms with Crippen molar-refractivity contribution in [3.8, 4) is 11.5 Å². The highest BCUT2D eigenvalue weighted by molar-refractivity contribution is 5.52. The number of methoxy groups -OCH3 is 1. The normalized spacial score (nSPS) is 19.2. The van der Waals surface area contributed by atoms with Crippen molar-refractivity contribution in [1.82, 2.24) is 0 Å². The third-order valence-electron chi connectivity index (χ3n) is 3.48. The van der Waals surface area contributed by atoms with Gasteiger partial charge in [0, 0.05) is 17.0 Å². The molecule has 1 fully saturated rings. The Hall–Kier alpha value is -1.29. The average Bonchev–Trinajstić information content (AvgIpc) is 2.99. The van der Waals surface area contributed by atoms with Crippen LogP contribution in [0.25, 0.3) is 0 Å². The maximum absolute atomic E-state index is 13.3. The highest BCUT2D eigenvalue weighted by Crippen LogP contribution is 2.54. The van der Waals surface area contributed by atoms with E-state index in [0.29, 0.717) is 5.56 Å². The Morgan fingerprint density at radius 3 is 2.56 bits per heavy atom. The SMILES string of the molecule is COc1c(F)ccc(C2(C(C)N)CC2)c1O. The molecule has 4 heteroatoms. The molecule has 1 aromatic carbocycles. The zero-order valence-electron chi connectivity index (χ0n) is 9.46. The van der Waals surface area contributed by atoms with Gasteiger partial charge in [0.25, 0.3) is 0 Å². The van der Waals surface area contributed by atoms with Crippen molar-refractivity contribution in [2.24, 2.45) is 5.73 Å². The molecule has 2 rings (SSSR count). The zero-order valence-corrected chi connectivity index (χ0v) is 9.46. The molecular formula is C12H16FNO2. The molecule has 0 bridgehead atoms. The first-order chi connectivity index (χ1) is 7.53. The molecule has 88 valence electrons. The predicted octanol–water partition coefficient (Wildman–Crippen LogP) is 1.92. The summed E-state index contributed by atoms with van der Waals surface area (Å²) >= 11 is 0. The molecule has 0 aromatic heterocycles.